The Balaban J connectivity index is 2.07. The molecular formula is C14H16FN3O3. The molecule has 1 atom stereocenters. The number of anilines is 1. The molecule has 4 amide bonds. The second-order valence-corrected chi connectivity index (χ2v) is 4.76. The van der Waals surface area contributed by atoms with Gasteiger partial charge in [-0.1, -0.05) is 0 Å². The molecule has 1 saturated heterocycles. The summed E-state index contributed by atoms with van der Waals surface area (Å²) in [5, 5.41) is 4.97. The second-order valence-electron chi connectivity index (χ2n) is 4.76. The summed E-state index contributed by atoms with van der Waals surface area (Å²) in [7, 11) is 0. The van der Waals surface area contributed by atoms with Crippen molar-refractivity contribution in [2.24, 2.45) is 0 Å². The molecule has 1 aliphatic heterocycles. The first kappa shape index (κ1) is 15.0. The van der Waals surface area contributed by atoms with Crippen molar-refractivity contribution < 1.29 is 18.8 Å². The van der Waals surface area contributed by atoms with Crippen LogP contribution in [0.1, 0.15) is 19.3 Å². The fraction of sp³-hybridized carbons (Fsp3) is 0.357. The number of rotatable bonds is 3. The van der Waals surface area contributed by atoms with Crippen LogP contribution in [0.2, 0.25) is 0 Å². The average molecular weight is 293 g/mol. The van der Waals surface area contributed by atoms with Crippen LogP contribution < -0.4 is 10.6 Å². The zero-order chi connectivity index (χ0) is 15.2. The van der Waals surface area contributed by atoms with Crippen molar-refractivity contribution in [3.63, 3.8) is 0 Å². The average Bonchev–Trinajstić information content (AvgIpc) is 2.65. The van der Waals surface area contributed by atoms with Gasteiger partial charge in [0.05, 0.1) is 0 Å². The van der Waals surface area contributed by atoms with E-state index in [2.05, 4.69) is 10.6 Å². The first-order chi connectivity index (χ1) is 10.1. The normalized spacial score (nSPS) is 18.8. The van der Waals surface area contributed by atoms with Gasteiger partial charge in [-0.3, -0.25) is 14.5 Å². The Hall–Kier alpha value is -2.44. The third-order valence-corrected chi connectivity index (χ3v) is 3.30. The molecule has 0 saturated carbocycles. The van der Waals surface area contributed by atoms with E-state index in [0.29, 0.717) is 31.5 Å². The van der Waals surface area contributed by atoms with E-state index in [0.717, 1.165) is 11.3 Å². The molecule has 0 bridgehead atoms. The molecule has 2 rings (SSSR count). The number of likely N-dealkylation sites (tertiary alicyclic amines) is 1. The molecule has 1 aliphatic rings. The Bertz CT molecular complexity index is 533. The number of imide groups is 1. The summed E-state index contributed by atoms with van der Waals surface area (Å²) in [6, 6.07) is 4.01. The van der Waals surface area contributed by atoms with E-state index in [1.165, 1.54) is 24.3 Å². The van der Waals surface area contributed by atoms with Crippen molar-refractivity contribution in [3.8, 4) is 0 Å². The lowest BCUT2D eigenvalue weighted by Gasteiger charge is -2.22. The number of carbonyl (C=O) groups is 3. The monoisotopic (exact) mass is 293 g/mol. The molecule has 21 heavy (non-hydrogen) atoms. The van der Waals surface area contributed by atoms with Gasteiger partial charge in [-0.2, -0.15) is 0 Å². The number of hydrogen-bond donors (Lipinski definition) is 2. The fourth-order valence-electron chi connectivity index (χ4n) is 2.20. The number of halogens is 1. The van der Waals surface area contributed by atoms with E-state index in [1.807, 2.05) is 0 Å². The largest absolute Gasteiger partial charge is 0.347 e. The summed E-state index contributed by atoms with van der Waals surface area (Å²) >= 11 is 0. The van der Waals surface area contributed by atoms with Crippen LogP contribution in [-0.4, -0.2) is 35.8 Å². The summed E-state index contributed by atoms with van der Waals surface area (Å²) in [4.78, 5) is 35.9. The molecule has 1 aromatic rings. The number of nitrogens with one attached hydrogen (secondary N) is 2. The van der Waals surface area contributed by atoms with Crippen LogP contribution in [-0.2, 0) is 9.59 Å². The molecular weight excluding hydrogens is 277 g/mol. The molecule has 6 nitrogen and oxygen atoms in total. The van der Waals surface area contributed by atoms with Gasteiger partial charge in [-0.05, 0) is 43.5 Å². The Labute approximate surface area is 121 Å². The van der Waals surface area contributed by atoms with E-state index in [9.17, 15) is 18.8 Å². The van der Waals surface area contributed by atoms with Gasteiger partial charge in [0.1, 0.15) is 11.9 Å². The smallest absolute Gasteiger partial charge is 0.328 e. The van der Waals surface area contributed by atoms with E-state index in [4.69, 9.17) is 0 Å². The van der Waals surface area contributed by atoms with Gasteiger partial charge < -0.3 is 10.6 Å². The molecule has 1 heterocycles. The first-order valence-electron chi connectivity index (χ1n) is 6.69. The van der Waals surface area contributed by atoms with E-state index < -0.39 is 23.8 Å². The molecule has 0 unspecified atom stereocenters. The maximum absolute atomic E-state index is 12.8. The number of nitrogens with zero attached hydrogens (tertiary/aromatic N) is 1. The summed E-state index contributed by atoms with van der Waals surface area (Å²) in [6.07, 6.45) is 2.40. The Morgan fingerprint density at radius 2 is 2.00 bits per heavy atom. The van der Waals surface area contributed by atoms with Gasteiger partial charge >= 0.3 is 6.03 Å². The molecule has 1 fully saturated rings. The molecule has 0 aliphatic carbocycles. The van der Waals surface area contributed by atoms with Crippen molar-refractivity contribution >= 4 is 24.0 Å². The van der Waals surface area contributed by atoms with Gasteiger partial charge in [-0.25, -0.2) is 9.18 Å². The summed E-state index contributed by atoms with van der Waals surface area (Å²) in [5.41, 5.74) is 0.401. The zero-order valence-corrected chi connectivity index (χ0v) is 11.3. The topological polar surface area (TPSA) is 78.5 Å². The number of urea groups is 1. The highest BCUT2D eigenvalue weighted by atomic mass is 19.1. The lowest BCUT2D eigenvalue weighted by atomic mass is 10.1. The van der Waals surface area contributed by atoms with E-state index in [1.54, 1.807) is 0 Å². The number of hydrogen-bond acceptors (Lipinski definition) is 3. The number of carbonyl (C=O) groups excluding carboxylic acids is 3. The van der Waals surface area contributed by atoms with Gasteiger partial charge in [0.15, 0.2) is 0 Å². The van der Waals surface area contributed by atoms with Crippen LogP contribution in [0.25, 0.3) is 0 Å². The predicted molar refractivity (Wildman–Crippen MR) is 74.0 cm³/mol. The van der Waals surface area contributed by atoms with Gasteiger partial charge in [-0.15, -0.1) is 0 Å². The van der Waals surface area contributed by atoms with Crippen LogP contribution in [0.5, 0.6) is 0 Å². The number of benzene rings is 1. The highest BCUT2D eigenvalue weighted by molar-refractivity contribution is 6.03. The molecule has 2 N–H and O–H groups in total. The highest BCUT2D eigenvalue weighted by Crippen LogP contribution is 2.15. The fourth-order valence-corrected chi connectivity index (χ4v) is 2.20. The maximum atomic E-state index is 12.8. The van der Waals surface area contributed by atoms with E-state index in [-0.39, 0.29) is 0 Å². The molecule has 0 aromatic heterocycles. The quantitative estimate of drug-likeness (QED) is 0.829. The Morgan fingerprint density at radius 1 is 1.29 bits per heavy atom. The maximum Gasteiger partial charge on any atom is 0.328 e. The molecule has 0 radical (unpaired) electrons. The van der Waals surface area contributed by atoms with Crippen LogP contribution in [0.15, 0.2) is 24.3 Å². The SMILES string of the molecule is O=CN[C@H]1CCCCN(C(=O)Nc2ccc(F)cc2)C1=O. The zero-order valence-electron chi connectivity index (χ0n) is 11.3. The summed E-state index contributed by atoms with van der Waals surface area (Å²) in [5.74, 6) is -0.840. The lowest BCUT2D eigenvalue weighted by molar-refractivity contribution is -0.131. The first-order valence-corrected chi connectivity index (χ1v) is 6.69. The summed E-state index contributed by atoms with van der Waals surface area (Å²) < 4.78 is 12.8. The summed E-state index contributed by atoms with van der Waals surface area (Å²) in [6.45, 7) is 0.295. The third kappa shape index (κ3) is 3.77. The Kier molecular flexibility index (Phi) is 4.86. The lowest BCUT2D eigenvalue weighted by Crippen LogP contribution is -2.48. The van der Waals surface area contributed by atoms with Gasteiger partial charge in [0.25, 0.3) is 5.91 Å². The minimum absolute atomic E-state index is 0.295. The van der Waals surface area contributed by atoms with Crippen LogP contribution in [0.4, 0.5) is 14.9 Å². The second kappa shape index (κ2) is 6.83. The highest BCUT2D eigenvalue weighted by Gasteiger charge is 2.30. The van der Waals surface area contributed by atoms with Crippen LogP contribution in [0.3, 0.4) is 0 Å². The molecule has 7 heteroatoms. The van der Waals surface area contributed by atoms with Crippen molar-refractivity contribution in [1.29, 1.82) is 0 Å². The van der Waals surface area contributed by atoms with Crippen molar-refractivity contribution in [2.45, 2.75) is 25.3 Å². The number of amides is 4. The molecule has 1 aromatic carbocycles. The molecule has 112 valence electrons. The van der Waals surface area contributed by atoms with Crippen molar-refractivity contribution in [3.05, 3.63) is 30.1 Å². The minimum Gasteiger partial charge on any atom is -0.347 e. The Morgan fingerprint density at radius 3 is 2.67 bits per heavy atom. The van der Waals surface area contributed by atoms with Gasteiger partial charge in [0.2, 0.25) is 6.41 Å². The van der Waals surface area contributed by atoms with Crippen LogP contribution in [0, 0.1) is 5.82 Å². The van der Waals surface area contributed by atoms with Crippen molar-refractivity contribution in [1.82, 2.24) is 10.2 Å². The molecule has 0 spiro atoms. The van der Waals surface area contributed by atoms with Gasteiger partial charge in [0, 0.05) is 12.2 Å². The standard InChI is InChI=1S/C14H16FN3O3/c15-10-4-6-11(7-5-10)17-14(21)18-8-2-1-3-12(13(18)20)16-9-19/h4-7,9,12H,1-3,8H2,(H,16,19)(H,17,21)/t12-/m0/s1. The predicted octanol–water partition coefficient (Wildman–Crippen LogP) is 1.48. The van der Waals surface area contributed by atoms with E-state index >= 15 is 0 Å². The van der Waals surface area contributed by atoms with Crippen molar-refractivity contribution in [2.75, 3.05) is 11.9 Å². The third-order valence-electron chi connectivity index (χ3n) is 3.30. The minimum atomic E-state index is -0.677. The van der Waals surface area contributed by atoms with Crippen LogP contribution >= 0.6 is 0 Å².